The lowest BCUT2D eigenvalue weighted by Crippen LogP contribution is -2.51. The Kier molecular flexibility index (Phi) is 5.44. The Morgan fingerprint density at radius 1 is 1.14 bits per heavy atom. The van der Waals surface area contributed by atoms with Crippen molar-refractivity contribution in [3.8, 4) is 0 Å². The van der Waals surface area contributed by atoms with Crippen LogP contribution >= 0.6 is 0 Å². The molecule has 2 aliphatic rings. The van der Waals surface area contributed by atoms with Crippen LogP contribution in [0.25, 0.3) is 0 Å². The fraction of sp³-hybridized carbons (Fsp3) is 0.619. The molecule has 1 amide bonds. The van der Waals surface area contributed by atoms with Gasteiger partial charge in [0.1, 0.15) is 0 Å². The molecule has 7 heteroatoms. The van der Waals surface area contributed by atoms with E-state index in [-0.39, 0.29) is 17.2 Å². The summed E-state index contributed by atoms with van der Waals surface area (Å²) in [5.74, 6) is 1.93. The second-order valence-corrected chi connectivity index (χ2v) is 8.54. The molecule has 0 atom stereocenters. The zero-order valence-electron chi connectivity index (χ0n) is 16.8. The van der Waals surface area contributed by atoms with Gasteiger partial charge in [-0.25, -0.2) is 0 Å². The molecule has 0 radical (unpaired) electrons. The van der Waals surface area contributed by atoms with Gasteiger partial charge in [-0.05, 0) is 49.9 Å². The van der Waals surface area contributed by atoms with Crippen LogP contribution in [0.2, 0.25) is 0 Å². The Balaban J connectivity index is 1.34. The van der Waals surface area contributed by atoms with Crippen LogP contribution in [0.5, 0.6) is 0 Å². The number of pyridine rings is 1. The molecule has 2 aromatic heterocycles. The molecule has 4 heterocycles. The van der Waals surface area contributed by atoms with E-state index in [0.717, 1.165) is 44.6 Å². The van der Waals surface area contributed by atoms with E-state index in [1.165, 1.54) is 0 Å². The summed E-state index contributed by atoms with van der Waals surface area (Å²) < 4.78 is 5.76. The molecular weight excluding hydrogens is 354 g/mol. The summed E-state index contributed by atoms with van der Waals surface area (Å²) in [4.78, 5) is 21.2. The van der Waals surface area contributed by atoms with Crippen LogP contribution in [0.1, 0.15) is 62.9 Å². The maximum absolute atomic E-state index is 12.4. The molecule has 4 rings (SSSR count). The van der Waals surface area contributed by atoms with E-state index in [2.05, 4.69) is 33.9 Å². The van der Waals surface area contributed by atoms with Crippen molar-refractivity contribution in [3.05, 3.63) is 41.9 Å². The molecule has 2 aromatic rings. The summed E-state index contributed by atoms with van der Waals surface area (Å²) in [5, 5.41) is 8.32. The topological polar surface area (TPSA) is 75.4 Å². The Bertz CT molecular complexity index is 796. The first-order chi connectivity index (χ1) is 13.5. The summed E-state index contributed by atoms with van der Waals surface area (Å²) in [6.07, 6.45) is 5.64. The molecule has 2 aliphatic heterocycles. The summed E-state index contributed by atoms with van der Waals surface area (Å²) in [6.45, 7) is 8.30. The molecule has 28 heavy (non-hydrogen) atoms. The van der Waals surface area contributed by atoms with Gasteiger partial charge in [-0.3, -0.25) is 14.7 Å². The second kappa shape index (κ2) is 7.99. The summed E-state index contributed by atoms with van der Waals surface area (Å²) in [6, 6.07) is 5.88. The van der Waals surface area contributed by atoms with Gasteiger partial charge in [0.15, 0.2) is 0 Å². The predicted molar refractivity (Wildman–Crippen MR) is 104 cm³/mol. The van der Waals surface area contributed by atoms with Crippen LogP contribution in [-0.2, 0) is 17.9 Å². The molecule has 0 N–H and O–H groups in total. The molecule has 0 bridgehead atoms. The van der Waals surface area contributed by atoms with Gasteiger partial charge < -0.3 is 9.32 Å². The van der Waals surface area contributed by atoms with Crippen molar-refractivity contribution < 1.29 is 9.21 Å². The average Bonchev–Trinajstić information content (AvgIpc) is 3.17. The SMILES string of the molecule is CC(C)c1nnc(CN2CCC3(CCC(=O)N(Cc4ccccn4)C3)CC2)o1. The first-order valence-electron chi connectivity index (χ1n) is 10.3. The van der Waals surface area contributed by atoms with Gasteiger partial charge in [-0.2, -0.15) is 0 Å². The van der Waals surface area contributed by atoms with Crippen LogP contribution in [-0.4, -0.2) is 50.5 Å². The molecule has 2 fully saturated rings. The van der Waals surface area contributed by atoms with Crippen LogP contribution < -0.4 is 0 Å². The van der Waals surface area contributed by atoms with Gasteiger partial charge in [0.05, 0.1) is 18.8 Å². The maximum atomic E-state index is 12.4. The smallest absolute Gasteiger partial charge is 0.230 e. The second-order valence-electron chi connectivity index (χ2n) is 8.54. The minimum absolute atomic E-state index is 0.233. The van der Waals surface area contributed by atoms with Crippen molar-refractivity contribution in [2.75, 3.05) is 19.6 Å². The van der Waals surface area contributed by atoms with Crippen molar-refractivity contribution in [1.29, 1.82) is 0 Å². The quantitative estimate of drug-likeness (QED) is 0.790. The molecular formula is C21H29N5O2. The van der Waals surface area contributed by atoms with Gasteiger partial charge in [-0.15, -0.1) is 10.2 Å². The number of aromatic nitrogens is 3. The molecule has 0 saturated carbocycles. The number of carbonyl (C=O) groups excluding carboxylic acids is 1. The van der Waals surface area contributed by atoms with Gasteiger partial charge >= 0.3 is 0 Å². The first kappa shape index (κ1) is 19.1. The third-order valence-corrected chi connectivity index (χ3v) is 6.08. The van der Waals surface area contributed by atoms with Crippen LogP contribution in [0.15, 0.2) is 28.8 Å². The average molecular weight is 383 g/mol. The fourth-order valence-electron chi connectivity index (χ4n) is 4.28. The lowest BCUT2D eigenvalue weighted by atomic mass is 9.72. The Morgan fingerprint density at radius 2 is 1.96 bits per heavy atom. The molecule has 2 saturated heterocycles. The molecule has 1 spiro atoms. The predicted octanol–water partition coefficient (Wildman–Crippen LogP) is 2.99. The lowest BCUT2D eigenvalue weighted by molar-refractivity contribution is -0.140. The Hall–Kier alpha value is -2.28. The monoisotopic (exact) mass is 383 g/mol. The van der Waals surface area contributed by atoms with E-state index >= 15 is 0 Å². The van der Waals surface area contributed by atoms with Gasteiger partial charge in [-0.1, -0.05) is 19.9 Å². The van der Waals surface area contributed by atoms with E-state index in [1.54, 1.807) is 6.20 Å². The number of nitrogens with zero attached hydrogens (tertiary/aromatic N) is 5. The fourth-order valence-corrected chi connectivity index (χ4v) is 4.28. The standard InChI is InChI=1S/C21H29N5O2/c1-16(2)20-24-23-18(28-20)14-25-11-8-21(9-12-25)7-6-19(27)26(15-21)13-17-5-3-4-10-22-17/h3-5,10,16H,6-9,11-15H2,1-2H3. The van der Waals surface area contributed by atoms with Gasteiger partial charge in [0.25, 0.3) is 0 Å². The van der Waals surface area contributed by atoms with E-state index in [0.29, 0.717) is 31.3 Å². The van der Waals surface area contributed by atoms with Gasteiger partial charge in [0.2, 0.25) is 17.7 Å². The minimum Gasteiger partial charge on any atom is -0.424 e. The van der Waals surface area contributed by atoms with Crippen LogP contribution in [0, 0.1) is 5.41 Å². The van der Waals surface area contributed by atoms with Crippen molar-refractivity contribution in [3.63, 3.8) is 0 Å². The van der Waals surface area contributed by atoms with Crippen molar-refractivity contribution in [2.24, 2.45) is 5.41 Å². The normalized spacial score (nSPS) is 20.2. The molecule has 150 valence electrons. The van der Waals surface area contributed by atoms with Crippen molar-refractivity contribution in [2.45, 2.75) is 58.5 Å². The highest BCUT2D eigenvalue weighted by molar-refractivity contribution is 5.77. The zero-order valence-corrected chi connectivity index (χ0v) is 16.8. The highest BCUT2D eigenvalue weighted by atomic mass is 16.4. The van der Waals surface area contributed by atoms with Crippen molar-refractivity contribution >= 4 is 5.91 Å². The van der Waals surface area contributed by atoms with Gasteiger partial charge in [0, 0.05) is 25.1 Å². The van der Waals surface area contributed by atoms with E-state index < -0.39 is 0 Å². The first-order valence-corrected chi connectivity index (χ1v) is 10.3. The third-order valence-electron chi connectivity index (χ3n) is 6.08. The molecule has 0 aromatic carbocycles. The number of hydrogen-bond donors (Lipinski definition) is 0. The summed E-state index contributed by atoms with van der Waals surface area (Å²) >= 11 is 0. The van der Waals surface area contributed by atoms with E-state index in [4.69, 9.17) is 4.42 Å². The summed E-state index contributed by atoms with van der Waals surface area (Å²) in [5.41, 5.74) is 1.19. The van der Waals surface area contributed by atoms with E-state index in [9.17, 15) is 4.79 Å². The Morgan fingerprint density at radius 3 is 2.64 bits per heavy atom. The molecule has 0 unspecified atom stereocenters. The third kappa shape index (κ3) is 4.24. The van der Waals surface area contributed by atoms with Crippen LogP contribution in [0.4, 0.5) is 0 Å². The number of likely N-dealkylation sites (tertiary alicyclic amines) is 2. The zero-order chi connectivity index (χ0) is 19.6. The molecule has 7 nitrogen and oxygen atoms in total. The largest absolute Gasteiger partial charge is 0.424 e. The van der Waals surface area contributed by atoms with Crippen molar-refractivity contribution in [1.82, 2.24) is 25.0 Å². The number of piperidine rings is 2. The molecule has 0 aliphatic carbocycles. The number of amides is 1. The highest BCUT2D eigenvalue weighted by Crippen LogP contribution is 2.40. The summed E-state index contributed by atoms with van der Waals surface area (Å²) in [7, 11) is 0. The van der Waals surface area contributed by atoms with E-state index in [1.807, 2.05) is 23.1 Å². The number of rotatable bonds is 5. The maximum Gasteiger partial charge on any atom is 0.230 e. The lowest BCUT2D eigenvalue weighted by Gasteiger charge is -2.47. The Labute approximate surface area is 166 Å². The number of carbonyl (C=O) groups is 1. The minimum atomic E-state index is 0.233. The number of hydrogen-bond acceptors (Lipinski definition) is 6. The van der Waals surface area contributed by atoms with Crippen LogP contribution in [0.3, 0.4) is 0 Å². The highest BCUT2D eigenvalue weighted by Gasteiger charge is 2.41.